The fourth-order valence-corrected chi connectivity index (χ4v) is 3.89. The van der Waals surface area contributed by atoms with Crippen molar-refractivity contribution in [3.05, 3.63) is 52.3 Å². The summed E-state index contributed by atoms with van der Waals surface area (Å²) in [5.74, 6) is -0.190. The molecule has 0 aliphatic rings. The molecule has 8 heteroatoms. The lowest BCUT2D eigenvalue weighted by Crippen LogP contribution is -2.24. The van der Waals surface area contributed by atoms with E-state index in [1.807, 2.05) is 24.4 Å². The number of benzene rings is 1. The van der Waals surface area contributed by atoms with Gasteiger partial charge in [0.1, 0.15) is 9.88 Å². The van der Waals surface area contributed by atoms with Gasteiger partial charge in [0.25, 0.3) is 5.91 Å². The molecule has 6 nitrogen and oxygen atoms in total. The molecule has 0 saturated heterocycles. The van der Waals surface area contributed by atoms with Crippen LogP contribution < -0.4 is 16.0 Å². The lowest BCUT2D eigenvalue weighted by molar-refractivity contribution is 0.103. The van der Waals surface area contributed by atoms with Gasteiger partial charge in [-0.1, -0.05) is 6.07 Å². The first-order valence-corrected chi connectivity index (χ1v) is 9.18. The largest absolute Gasteiger partial charge is 0.341 e. The number of urea groups is 1. The van der Waals surface area contributed by atoms with Gasteiger partial charge in [0.15, 0.2) is 0 Å². The van der Waals surface area contributed by atoms with E-state index in [9.17, 15) is 9.59 Å². The topological polar surface area (TPSA) is 83.1 Å². The quantitative estimate of drug-likeness (QED) is 0.642. The Balaban J connectivity index is 1.71. The summed E-state index contributed by atoms with van der Waals surface area (Å²) in [7, 11) is 1.55. The number of nitrogens with one attached hydrogen (secondary N) is 3. The molecule has 3 aromatic rings. The van der Waals surface area contributed by atoms with Crippen molar-refractivity contribution in [3.8, 4) is 9.88 Å². The zero-order chi connectivity index (χ0) is 17.8. The van der Waals surface area contributed by atoms with E-state index in [0.29, 0.717) is 21.9 Å². The summed E-state index contributed by atoms with van der Waals surface area (Å²) in [6.07, 6.45) is 0. The Morgan fingerprint density at radius 1 is 1.04 bits per heavy atom. The minimum Gasteiger partial charge on any atom is -0.341 e. The fraction of sp³-hybridized carbons (Fsp3) is 0.118. The molecule has 0 saturated carbocycles. The predicted octanol–water partition coefficient (Wildman–Crippen LogP) is 4.18. The molecular formula is C17H16N4O2S2. The molecule has 0 spiro atoms. The number of aryl methyl sites for hydroxylation is 1. The van der Waals surface area contributed by atoms with Gasteiger partial charge < -0.3 is 16.0 Å². The van der Waals surface area contributed by atoms with Crippen molar-refractivity contribution in [2.45, 2.75) is 6.92 Å². The van der Waals surface area contributed by atoms with Gasteiger partial charge in [0.2, 0.25) is 0 Å². The first-order valence-electron chi connectivity index (χ1n) is 7.48. The van der Waals surface area contributed by atoms with Crippen LogP contribution in [0.15, 0.2) is 41.8 Å². The Morgan fingerprint density at radius 2 is 1.72 bits per heavy atom. The second kappa shape index (κ2) is 7.45. The monoisotopic (exact) mass is 372 g/mol. The van der Waals surface area contributed by atoms with Crippen molar-refractivity contribution in [2.75, 3.05) is 17.7 Å². The summed E-state index contributed by atoms with van der Waals surface area (Å²) in [5, 5.41) is 10.8. The van der Waals surface area contributed by atoms with Crippen LogP contribution in [0, 0.1) is 6.92 Å². The van der Waals surface area contributed by atoms with Crippen molar-refractivity contribution in [2.24, 2.45) is 0 Å². The van der Waals surface area contributed by atoms with E-state index in [1.165, 1.54) is 11.3 Å². The first kappa shape index (κ1) is 17.1. The number of hydrogen-bond donors (Lipinski definition) is 3. The predicted molar refractivity (Wildman–Crippen MR) is 103 cm³/mol. The number of anilines is 2. The Hall–Kier alpha value is -2.71. The smallest absolute Gasteiger partial charge is 0.318 e. The van der Waals surface area contributed by atoms with E-state index in [-0.39, 0.29) is 11.9 Å². The van der Waals surface area contributed by atoms with Crippen LogP contribution in [0.5, 0.6) is 0 Å². The summed E-state index contributed by atoms with van der Waals surface area (Å²) in [6, 6.07) is 10.6. The lowest BCUT2D eigenvalue weighted by atomic mass is 10.2. The average Bonchev–Trinajstić information content (AvgIpc) is 3.26. The number of rotatable bonds is 4. The molecule has 3 N–H and O–H groups in total. The first-order chi connectivity index (χ1) is 12.1. The molecule has 1 aromatic carbocycles. The van der Waals surface area contributed by atoms with Crippen molar-refractivity contribution in [3.63, 3.8) is 0 Å². The van der Waals surface area contributed by atoms with Gasteiger partial charge in [-0.2, -0.15) is 0 Å². The highest BCUT2D eigenvalue weighted by Gasteiger charge is 2.16. The third-order valence-electron chi connectivity index (χ3n) is 3.36. The van der Waals surface area contributed by atoms with Crippen LogP contribution in [0.2, 0.25) is 0 Å². The Bertz CT molecular complexity index is 886. The van der Waals surface area contributed by atoms with E-state index in [2.05, 4.69) is 20.9 Å². The van der Waals surface area contributed by atoms with Gasteiger partial charge in [-0.15, -0.1) is 22.7 Å². The van der Waals surface area contributed by atoms with Crippen LogP contribution >= 0.6 is 22.7 Å². The summed E-state index contributed by atoms with van der Waals surface area (Å²) in [6.45, 7) is 1.83. The van der Waals surface area contributed by atoms with Crippen LogP contribution in [0.1, 0.15) is 15.4 Å². The highest BCUT2D eigenvalue weighted by Crippen LogP contribution is 2.31. The van der Waals surface area contributed by atoms with Crippen molar-refractivity contribution < 1.29 is 9.59 Å². The highest BCUT2D eigenvalue weighted by molar-refractivity contribution is 7.22. The molecule has 128 valence electrons. The number of hydrogen-bond acceptors (Lipinski definition) is 5. The summed E-state index contributed by atoms with van der Waals surface area (Å²) >= 11 is 2.98. The number of carbonyl (C=O) groups is 2. The summed E-state index contributed by atoms with van der Waals surface area (Å²) in [5.41, 5.74) is 2.01. The molecule has 0 unspecified atom stereocenters. The average molecular weight is 372 g/mol. The molecule has 25 heavy (non-hydrogen) atoms. The van der Waals surface area contributed by atoms with Gasteiger partial charge >= 0.3 is 6.03 Å². The van der Waals surface area contributed by atoms with Crippen LogP contribution in [-0.2, 0) is 0 Å². The maximum Gasteiger partial charge on any atom is 0.318 e. The van der Waals surface area contributed by atoms with E-state index in [1.54, 1.807) is 42.6 Å². The fourth-order valence-electron chi connectivity index (χ4n) is 2.13. The Labute approximate surface area is 152 Å². The van der Waals surface area contributed by atoms with Crippen LogP contribution in [0.3, 0.4) is 0 Å². The molecule has 0 radical (unpaired) electrons. The van der Waals surface area contributed by atoms with Crippen molar-refractivity contribution in [1.29, 1.82) is 0 Å². The third kappa shape index (κ3) is 4.04. The van der Waals surface area contributed by atoms with Gasteiger partial charge in [0.05, 0.1) is 10.6 Å². The molecule has 2 aromatic heterocycles. The van der Waals surface area contributed by atoms with Gasteiger partial charge in [-0.3, -0.25) is 4.79 Å². The van der Waals surface area contributed by atoms with Crippen molar-refractivity contribution in [1.82, 2.24) is 10.3 Å². The van der Waals surface area contributed by atoms with Crippen LogP contribution in [-0.4, -0.2) is 24.0 Å². The normalized spacial score (nSPS) is 10.3. The SMILES string of the molecule is CNC(=O)Nc1ccc(NC(=O)c2sc(-c3cccs3)nc2C)cc1. The number of thiazole rings is 1. The molecule has 0 fully saturated rings. The number of aromatic nitrogens is 1. The minimum atomic E-state index is -0.293. The van der Waals surface area contributed by atoms with E-state index in [4.69, 9.17) is 0 Å². The molecule has 3 amide bonds. The zero-order valence-corrected chi connectivity index (χ0v) is 15.3. The van der Waals surface area contributed by atoms with Crippen LogP contribution in [0.25, 0.3) is 9.88 Å². The maximum absolute atomic E-state index is 12.5. The van der Waals surface area contributed by atoms with Gasteiger partial charge in [-0.25, -0.2) is 9.78 Å². The molecule has 0 bridgehead atoms. The third-order valence-corrected chi connectivity index (χ3v) is 5.56. The molecule has 0 aliphatic carbocycles. The van der Waals surface area contributed by atoms with E-state index >= 15 is 0 Å². The lowest BCUT2D eigenvalue weighted by Gasteiger charge is -2.07. The number of carbonyl (C=O) groups excluding carboxylic acids is 2. The number of amides is 3. The van der Waals surface area contributed by atoms with Gasteiger partial charge in [0, 0.05) is 18.4 Å². The molecule has 0 aliphatic heterocycles. The molecule has 3 rings (SSSR count). The zero-order valence-electron chi connectivity index (χ0n) is 13.6. The second-order valence-electron chi connectivity index (χ2n) is 5.15. The number of thiophene rings is 1. The second-order valence-corrected chi connectivity index (χ2v) is 7.09. The minimum absolute atomic E-state index is 0.190. The summed E-state index contributed by atoms with van der Waals surface area (Å²) in [4.78, 5) is 29.9. The maximum atomic E-state index is 12.5. The van der Waals surface area contributed by atoms with Crippen LogP contribution in [0.4, 0.5) is 16.2 Å². The molecule has 2 heterocycles. The van der Waals surface area contributed by atoms with Crippen molar-refractivity contribution >= 4 is 46.0 Å². The van der Waals surface area contributed by atoms with E-state index in [0.717, 1.165) is 9.88 Å². The Morgan fingerprint density at radius 3 is 2.32 bits per heavy atom. The molecule has 0 atom stereocenters. The van der Waals surface area contributed by atoms with Gasteiger partial charge in [-0.05, 0) is 42.6 Å². The Kier molecular flexibility index (Phi) is 5.11. The summed E-state index contributed by atoms with van der Waals surface area (Å²) < 4.78 is 0. The highest BCUT2D eigenvalue weighted by atomic mass is 32.1. The number of nitrogens with zero attached hydrogens (tertiary/aromatic N) is 1. The van der Waals surface area contributed by atoms with E-state index < -0.39 is 0 Å². The molecular weight excluding hydrogens is 356 g/mol. The standard InChI is InChI=1S/C17H16N4O2S2/c1-10-14(25-16(19-10)13-4-3-9-24-13)15(22)20-11-5-7-12(8-6-11)21-17(23)18-2/h3-9H,1-2H3,(H,20,22)(H2,18,21,23).